The summed E-state index contributed by atoms with van der Waals surface area (Å²) in [6.07, 6.45) is -4.64. The van der Waals surface area contributed by atoms with E-state index in [9.17, 15) is 28.1 Å². The lowest BCUT2D eigenvalue weighted by atomic mass is 10.1. The Kier molecular flexibility index (Phi) is 4.86. The minimum Gasteiger partial charge on any atom is -0.362 e. The molecule has 0 aromatic heterocycles. The van der Waals surface area contributed by atoms with Gasteiger partial charge in [0, 0.05) is 46.3 Å². The fourth-order valence-corrected chi connectivity index (χ4v) is 2.53. The van der Waals surface area contributed by atoms with E-state index in [1.807, 2.05) is 0 Å². The Hall–Kier alpha value is -2.52. The van der Waals surface area contributed by atoms with Crippen molar-refractivity contribution in [1.82, 2.24) is 9.80 Å². The second kappa shape index (κ2) is 6.54. The van der Waals surface area contributed by atoms with Crippen LogP contribution < -0.4 is 4.90 Å². The molecule has 2 amide bonds. The predicted molar refractivity (Wildman–Crippen MR) is 81.0 cm³/mol. The average molecular weight is 346 g/mol. The molecular weight excluding hydrogens is 329 g/mol. The zero-order chi connectivity index (χ0) is 18.1. The number of hydrogen-bond donors (Lipinski definition) is 0. The lowest BCUT2D eigenvalue weighted by Crippen LogP contribution is -2.51. The highest BCUT2D eigenvalue weighted by Gasteiger charge is 2.34. The van der Waals surface area contributed by atoms with Gasteiger partial charge >= 0.3 is 12.2 Å². The molecule has 1 aromatic carbocycles. The minimum atomic E-state index is -4.64. The summed E-state index contributed by atoms with van der Waals surface area (Å²) < 4.78 is 38.2. The fraction of sp³-hybridized carbons (Fsp3) is 0.500. The van der Waals surface area contributed by atoms with E-state index in [0.717, 1.165) is 12.1 Å². The standard InChI is InChI=1S/C14H17F3N4O3/c1-18(2)13(22)20-7-5-19(6-8-20)11-4-3-10(14(15,16)17)9-12(11)21(23)24/h3-4,9H,5-8H2,1-2H3. The van der Waals surface area contributed by atoms with Gasteiger partial charge in [-0.25, -0.2) is 4.79 Å². The molecule has 1 aliphatic rings. The zero-order valence-corrected chi connectivity index (χ0v) is 13.2. The molecular formula is C14H17F3N4O3. The van der Waals surface area contributed by atoms with Gasteiger partial charge < -0.3 is 14.7 Å². The number of nitrogens with zero attached hydrogens (tertiary/aromatic N) is 4. The van der Waals surface area contributed by atoms with Crippen LogP contribution in [-0.2, 0) is 6.18 Å². The molecule has 7 nitrogen and oxygen atoms in total. The summed E-state index contributed by atoms with van der Waals surface area (Å²) in [4.78, 5) is 26.8. The van der Waals surface area contributed by atoms with Gasteiger partial charge in [-0.15, -0.1) is 0 Å². The number of amides is 2. The normalized spacial score (nSPS) is 15.4. The van der Waals surface area contributed by atoms with Gasteiger partial charge in [-0.2, -0.15) is 13.2 Å². The van der Waals surface area contributed by atoms with Crippen LogP contribution in [0.4, 0.5) is 29.3 Å². The Labute approximate surface area is 136 Å². The zero-order valence-electron chi connectivity index (χ0n) is 13.2. The number of hydrogen-bond acceptors (Lipinski definition) is 4. The lowest BCUT2D eigenvalue weighted by molar-refractivity contribution is -0.384. The third kappa shape index (κ3) is 3.69. The number of alkyl halides is 3. The molecule has 0 aliphatic carbocycles. The first-order chi connectivity index (χ1) is 11.1. The van der Waals surface area contributed by atoms with E-state index in [4.69, 9.17) is 0 Å². The Bertz CT molecular complexity index is 641. The highest BCUT2D eigenvalue weighted by molar-refractivity contribution is 5.74. The number of piperazine rings is 1. The first kappa shape index (κ1) is 17.8. The molecule has 1 aromatic rings. The molecule has 1 saturated heterocycles. The van der Waals surface area contributed by atoms with Crippen LogP contribution in [0.2, 0.25) is 0 Å². The maximum Gasteiger partial charge on any atom is 0.416 e. The average Bonchev–Trinajstić information content (AvgIpc) is 2.52. The summed E-state index contributed by atoms with van der Waals surface area (Å²) in [7, 11) is 3.24. The molecule has 0 bridgehead atoms. The quantitative estimate of drug-likeness (QED) is 0.609. The van der Waals surface area contributed by atoms with Gasteiger partial charge in [0.2, 0.25) is 0 Å². The van der Waals surface area contributed by atoms with Gasteiger partial charge in [0.1, 0.15) is 5.69 Å². The highest BCUT2D eigenvalue weighted by Crippen LogP contribution is 2.36. The topological polar surface area (TPSA) is 69.9 Å². The number of urea groups is 1. The van der Waals surface area contributed by atoms with Crippen molar-refractivity contribution in [3.63, 3.8) is 0 Å². The molecule has 0 unspecified atom stereocenters. The molecule has 0 radical (unpaired) electrons. The van der Waals surface area contributed by atoms with Gasteiger partial charge in [-0.05, 0) is 12.1 Å². The molecule has 1 heterocycles. The second-order valence-corrected chi connectivity index (χ2v) is 5.61. The molecule has 0 N–H and O–H groups in total. The first-order valence-corrected chi connectivity index (χ1v) is 7.18. The van der Waals surface area contributed by atoms with Gasteiger partial charge in [-0.3, -0.25) is 10.1 Å². The monoisotopic (exact) mass is 346 g/mol. The van der Waals surface area contributed by atoms with Crippen molar-refractivity contribution in [2.75, 3.05) is 45.2 Å². The Balaban J connectivity index is 2.21. The molecule has 132 valence electrons. The first-order valence-electron chi connectivity index (χ1n) is 7.18. The summed E-state index contributed by atoms with van der Waals surface area (Å²) in [5.74, 6) is 0. The van der Waals surface area contributed by atoms with Crippen molar-refractivity contribution < 1.29 is 22.9 Å². The van der Waals surface area contributed by atoms with Crippen molar-refractivity contribution >= 4 is 17.4 Å². The number of benzene rings is 1. The highest BCUT2D eigenvalue weighted by atomic mass is 19.4. The fourth-order valence-electron chi connectivity index (χ4n) is 2.53. The van der Waals surface area contributed by atoms with E-state index >= 15 is 0 Å². The summed E-state index contributed by atoms with van der Waals surface area (Å²) in [5, 5.41) is 11.1. The van der Waals surface area contributed by atoms with Crippen LogP contribution in [0, 0.1) is 10.1 Å². The van der Waals surface area contributed by atoms with Crippen LogP contribution in [0.3, 0.4) is 0 Å². The number of rotatable bonds is 2. The Morgan fingerprint density at radius 1 is 1.21 bits per heavy atom. The van der Waals surface area contributed by atoms with Crippen LogP contribution in [0.5, 0.6) is 0 Å². The SMILES string of the molecule is CN(C)C(=O)N1CCN(c2ccc(C(F)(F)F)cc2[N+](=O)[O-])CC1. The van der Waals surface area contributed by atoms with Crippen molar-refractivity contribution in [2.24, 2.45) is 0 Å². The third-order valence-electron chi connectivity index (χ3n) is 3.77. The molecule has 0 atom stereocenters. The second-order valence-electron chi connectivity index (χ2n) is 5.61. The molecule has 1 fully saturated rings. The maximum absolute atomic E-state index is 12.7. The number of carbonyl (C=O) groups is 1. The van der Waals surface area contributed by atoms with Crippen LogP contribution >= 0.6 is 0 Å². The number of nitro groups is 1. The van der Waals surface area contributed by atoms with Crippen LogP contribution in [0.25, 0.3) is 0 Å². The number of carbonyl (C=O) groups excluding carboxylic acids is 1. The molecule has 24 heavy (non-hydrogen) atoms. The Morgan fingerprint density at radius 3 is 2.25 bits per heavy atom. The number of halogens is 3. The molecule has 2 rings (SSSR count). The molecule has 1 aliphatic heterocycles. The van der Waals surface area contributed by atoms with Crippen molar-refractivity contribution in [3.05, 3.63) is 33.9 Å². The minimum absolute atomic E-state index is 0.130. The van der Waals surface area contributed by atoms with E-state index in [2.05, 4.69) is 0 Å². The number of nitro benzene ring substituents is 1. The van der Waals surface area contributed by atoms with Gasteiger partial charge in [0.05, 0.1) is 10.5 Å². The van der Waals surface area contributed by atoms with E-state index < -0.39 is 22.4 Å². The van der Waals surface area contributed by atoms with E-state index in [1.54, 1.807) is 23.9 Å². The smallest absolute Gasteiger partial charge is 0.362 e. The van der Waals surface area contributed by atoms with Gasteiger partial charge in [0.15, 0.2) is 0 Å². The van der Waals surface area contributed by atoms with Crippen LogP contribution in [-0.4, -0.2) is 61.0 Å². The molecule has 0 saturated carbocycles. The third-order valence-corrected chi connectivity index (χ3v) is 3.77. The van der Waals surface area contributed by atoms with Crippen LogP contribution in [0.1, 0.15) is 5.56 Å². The molecule has 0 spiro atoms. The summed E-state index contributed by atoms with van der Waals surface area (Å²) in [5.41, 5.74) is -1.51. The van der Waals surface area contributed by atoms with Gasteiger partial charge in [0.25, 0.3) is 5.69 Å². The maximum atomic E-state index is 12.7. The summed E-state index contributed by atoms with van der Waals surface area (Å²) in [6.45, 7) is 1.31. The summed E-state index contributed by atoms with van der Waals surface area (Å²) >= 11 is 0. The van der Waals surface area contributed by atoms with Gasteiger partial charge in [-0.1, -0.05) is 0 Å². The largest absolute Gasteiger partial charge is 0.416 e. The lowest BCUT2D eigenvalue weighted by Gasteiger charge is -2.36. The van der Waals surface area contributed by atoms with Crippen molar-refractivity contribution in [3.8, 4) is 0 Å². The van der Waals surface area contributed by atoms with E-state index in [-0.39, 0.29) is 11.7 Å². The number of anilines is 1. The van der Waals surface area contributed by atoms with Crippen LogP contribution in [0.15, 0.2) is 18.2 Å². The van der Waals surface area contributed by atoms with Crippen molar-refractivity contribution in [1.29, 1.82) is 0 Å². The molecule has 10 heteroatoms. The van der Waals surface area contributed by atoms with Crippen molar-refractivity contribution in [2.45, 2.75) is 6.18 Å². The van der Waals surface area contributed by atoms with E-state index in [1.165, 1.54) is 4.90 Å². The predicted octanol–water partition coefficient (Wildman–Crippen LogP) is 2.42. The Morgan fingerprint density at radius 2 is 1.79 bits per heavy atom. The summed E-state index contributed by atoms with van der Waals surface area (Å²) in [6, 6.07) is 2.33. The van der Waals surface area contributed by atoms with E-state index in [0.29, 0.717) is 32.2 Å².